The second-order valence-electron chi connectivity index (χ2n) is 6.14. The molecule has 0 unspecified atom stereocenters. The minimum Gasteiger partial charge on any atom is -0.497 e. The number of methoxy groups -OCH3 is 1. The Morgan fingerprint density at radius 2 is 1.77 bits per heavy atom. The molecule has 1 amide bonds. The summed E-state index contributed by atoms with van der Waals surface area (Å²) >= 11 is 0. The van der Waals surface area contributed by atoms with E-state index in [1.807, 2.05) is 0 Å². The number of pyridine rings is 2. The Kier molecular flexibility index (Phi) is 6.59. The first-order valence-corrected chi connectivity index (χ1v) is 9.25. The predicted octanol–water partition coefficient (Wildman–Crippen LogP) is 4.01. The van der Waals surface area contributed by atoms with Crippen LogP contribution in [0.1, 0.15) is 33.5 Å². The highest BCUT2D eigenvalue weighted by Gasteiger charge is 2.16. The Morgan fingerprint density at radius 3 is 2.43 bits per heavy atom. The number of nitrogens with one attached hydrogen (secondary N) is 1. The lowest BCUT2D eigenvalue weighted by atomic mass is 10.2. The Balaban J connectivity index is 1.77. The second kappa shape index (κ2) is 9.51. The summed E-state index contributed by atoms with van der Waals surface area (Å²) in [5.74, 6) is 0.538. The van der Waals surface area contributed by atoms with E-state index in [1.54, 1.807) is 63.6 Å². The first kappa shape index (κ1) is 20.8. The van der Waals surface area contributed by atoms with E-state index >= 15 is 0 Å². The van der Waals surface area contributed by atoms with Crippen molar-refractivity contribution >= 4 is 17.6 Å². The third kappa shape index (κ3) is 4.91. The van der Waals surface area contributed by atoms with Gasteiger partial charge < -0.3 is 19.5 Å². The van der Waals surface area contributed by atoms with E-state index in [9.17, 15) is 9.59 Å². The number of hydrogen-bond donors (Lipinski definition) is 1. The van der Waals surface area contributed by atoms with Crippen LogP contribution in [0.2, 0.25) is 0 Å². The third-order valence-electron chi connectivity index (χ3n) is 4.11. The fraction of sp³-hybridized carbons (Fsp3) is 0.182. The molecule has 0 spiro atoms. The molecule has 0 atom stereocenters. The van der Waals surface area contributed by atoms with Gasteiger partial charge in [0.15, 0.2) is 0 Å². The van der Waals surface area contributed by atoms with Crippen molar-refractivity contribution in [2.24, 2.45) is 0 Å². The van der Waals surface area contributed by atoms with Crippen LogP contribution < -0.4 is 14.8 Å². The lowest BCUT2D eigenvalue weighted by Gasteiger charge is -2.12. The number of nitrogens with zero attached hydrogens (tertiary/aromatic N) is 2. The maximum Gasteiger partial charge on any atom is 0.339 e. The number of carbonyl (C=O) groups is 2. The van der Waals surface area contributed by atoms with Gasteiger partial charge in [0, 0.05) is 6.20 Å². The summed E-state index contributed by atoms with van der Waals surface area (Å²) in [5.41, 5.74) is 1.26. The van der Waals surface area contributed by atoms with Crippen LogP contribution in [0.4, 0.5) is 5.69 Å². The minimum atomic E-state index is -0.475. The molecule has 1 N–H and O–H groups in total. The molecule has 30 heavy (non-hydrogen) atoms. The van der Waals surface area contributed by atoms with Crippen LogP contribution in [-0.4, -0.2) is 35.6 Å². The van der Waals surface area contributed by atoms with Gasteiger partial charge in [-0.25, -0.2) is 14.8 Å². The largest absolute Gasteiger partial charge is 0.497 e. The summed E-state index contributed by atoms with van der Waals surface area (Å²) in [4.78, 5) is 33.0. The van der Waals surface area contributed by atoms with Gasteiger partial charge in [-0.05, 0) is 62.4 Å². The average Bonchev–Trinajstić information content (AvgIpc) is 2.75. The highest BCUT2D eigenvalue weighted by Crippen LogP contribution is 2.28. The number of amides is 1. The van der Waals surface area contributed by atoms with E-state index < -0.39 is 11.9 Å². The molecule has 0 saturated heterocycles. The van der Waals surface area contributed by atoms with Crippen LogP contribution in [0.25, 0.3) is 0 Å². The Bertz CT molecular complexity index is 1050. The molecule has 0 aliphatic carbocycles. The fourth-order valence-corrected chi connectivity index (χ4v) is 2.62. The van der Waals surface area contributed by atoms with Crippen molar-refractivity contribution in [1.82, 2.24) is 9.97 Å². The van der Waals surface area contributed by atoms with Crippen molar-refractivity contribution in [3.05, 3.63) is 71.7 Å². The highest BCUT2D eigenvalue weighted by molar-refractivity contribution is 6.04. The summed E-state index contributed by atoms with van der Waals surface area (Å²) in [6.45, 7) is 3.63. The fourth-order valence-electron chi connectivity index (χ4n) is 2.62. The van der Waals surface area contributed by atoms with Crippen molar-refractivity contribution in [2.75, 3.05) is 19.0 Å². The molecule has 0 bridgehead atoms. The van der Waals surface area contributed by atoms with E-state index in [0.29, 0.717) is 28.4 Å². The maximum atomic E-state index is 12.7. The number of aryl methyl sites for hydroxylation is 1. The van der Waals surface area contributed by atoms with Gasteiger partial charge in [-0.15, -0.1) is 0 Å². The number of ether oxygens (including phenoxy) is 3. The molecule has 0 aliphatic heterocycles. The van der Waals surface area contributed by atoms with Crippen molar-refractivity contribution in [3.63, 3.8) is 0 Å². The van der Waals surface area contributed by atoms with Gasteiger partial charge in [-0.1, -0.05) is 0 Å². The van der Waals surface area contributed by atoms with Gasteiger partial charge in [0.1, 0.15) is 22.9 Å². The molecule has 0 radical (unpaired) electrons. The van der Waals surface area contributed by atoms with Crippen molar-refractivity contribution < 1.29 is 23.8 Å². The third-order valence-corrected chi connectivity index (χ3v) is 4.11. The van der Waals surface area contributed by atoms with E-state index in [2.05, 4.69) is 15.3 Å². The zero-order chi connectivity index (χ0) is 21.5. The van der Waals surface area contributed by atoms with Gasteiger partial charge in [-0.2, -0.15) is 0 Å². The van der Waals surface area contributed by atoms with Gasteiger partial charge in [0.05, 0.1) is 25.0 Å². The van der Waals surface area contributed by atoms with E-state index in [0.717, 1.165) is 0 Å². The van der Waals surface area contributed by atoms with E-state index in [-0.39, 0.29) is 18.2 Å². The highest BCUT2D eigenvalue weighted by atomic mass is 16.5. The normalized spacial score (nSPS) is 10.2. The number of anilines is 1. The number of aromatic nitrogens is 2. The van der Waals surface area contributed by atoms with Gasteiger partial charge in [0.25, 0.3) is 5.91 Å². The lowest BCUT2D eigenvalue weighted by Crippen LogP contribution is -2.16. The Morgan fingerprint density at radius 1 is 1.03 bits per heavy atom. The monoisotopic (exact) mass is 407 g/mol. The SMILES string of the molecule is CCOC(=O)c1ccc(C(=O)Nc2cccnc2Oc2ccc(OC)cc2)nc1C. The molecular formula is C22H21N3O5. The molecule has 2 aromatic heterocycles. The number of benzene rings is 1. The van der Waals surface area contributed by atoms with Gasteiger partial charge in [-0.3, -0.25) is 4.79 Å². The van der Waals surface area contributed by atoms with Crippen LogP contribution in [0.15, 0.2) is 54.7 Å². The Hall–Kier alpha value is -3.94. The summed E-state index contributed by atoms with van der Waals surface area (Å²) in [5, 5.41) is 2.74. The average molecular weight is 407 g/mol. The molecule has 2 heterocycles. The van der Waals surface area contributed by atoms with E-state index in [1.165, 1.54) is 12.1 Å². The smallest absolute Gasteiger partial charge is 0.339 e. The van der Waals surface area contributed by atoms with Crippen LogP contribution in [0.5, 0.6) is 17.4 Å². The summed E-state index contributed by atoms with van der Waals surface area (Å²) in [7, 11) is 1.58. The zero-order valence-electron chi connectivity index (χ0n) is 16.8. The van der Waals surface area contributed by atoms with Gasteiger partial charge >= 0.3 is 5.97 Å². The van der Waals surface area contributed by atoms with Crippen LogP contribution >= 0.6 is 0 Å². The lowest BCUT2D eigenvalue weighted by molar-refractivity contribution is 0.0524. The summed E-state index contributed by atoms with van der Waals surface area (Å²) in [6.07, 6.45) is 1.56. The number of carbonyl (C=O) groups excluding carboxylic acids is 2. The van der Waals surface area contributed by atoms with Gasteiger partial charge in [0.2, 0.25) is 5.88 Å². The maximum absolute atomic E-state index is 12.7. The molecule has 1 aromatic carbocycles. The molecule has 8 nitrogen and oxygen atoms in total. The molecule has 8 heteroatoms. The van der Waals surface area contributed by atoms with E-state index in [4.69, 9.17) is 14.2 Å². The molecule has 3 aromatic rings. The van der Waals surface area contributed by atoms with Crippen molar-refractivity contribution in [2.45, 2.75) is 13.8 Å². The second-order valence-corrected chi connectivity index (χ2v) is 6.14. The Labute approximate surface area is 173 Å². The molecular weight excluding hydrogens is 386 g/mol. The number of esters is 1. The number of hydrogen-bond acceptors (Lipinski definition) is 7. The van der Waals surface area contributed by atoms with Crippen LogP contribution in [-0.2, 0) is 4.74 Å². The predicted molar refractivity (Wildman–Crippen MR) is 110 cm³/mol. The summed E-state index contributed by atoms with van der Waals surface area (Å²) < 4.78 is 15.9. The molecule has 0 aliphatic rings. The quantitative estimate of drug-likeness (QED) is 0.591. The molecule has 0 fully saturated rings. The standard InChI is InChI=1S/C22H21N3O5/c1-4-29-22(27)17-11-12-18(24-14(17)2)20(26)25-19-6-5-13-23-21(19)30-16-9-7-15(28-3)8-10-16/h5-13H,4H2,1-3H3,(H,25,26). The van der Waals surface area contributed by atoms with Crippen molar-refractivity contribution in [3.8, 4) is 17.4 Å². The topological polar surface area (TPSA) is 99.6 Å². The zero-order valence-corrected chi connectivity index (χ0v) is 16.8. The molecule has 0 saturated carbocycles. The van der Waals surface area contributed by atoms with Crippen LogP contribution in [0, 0.1) is 6.92 Å². The first-order valence-electron chi connectivity index (χ1n) is 9.25. The molecule has 154 valence electrons. The van der Waals surface area contributed by atoms with Crippen molar-refractivity contribution in [1.29, 1.82) is 0 Å². The first-order chi connectivity index (χ1) is 14.5. The van der Waals surface area contributed by atoms with Crippen LogP contribution in [0.3, 0.4) is 0 Å². The summed E-state index contributed by atoms with van der Waals surface area (Å²) in [6, 6.07) is 13.3. The number of rotatable bonds is 7. The molecule has 3 rings (SSSR count). The minimum absolute atomic E-state index is 0.153.